The molecular formula is C12H24N2O2. The third-order valence-electron chi connectivity index (χ3n) is 2.25. The quantitative estimate of drug-likeness (QED) is 0.685. The summed E-state index contributed by atoms with van der Waals surface area (Å²) in [6.45, 7) is 7.73. The first-order chi connectivity index (χ1) is 7.65. The second-order valence-corrected chi connectivity index (χ2v) is 3.91. The monoisotopic (exact) mass is 228 g/mol. The van der Waals surface area contributed by atoms with Crippen molar-refractivity contribution in [2.24, 2.45) is 0 Å². The topological polar surface area (TPSA) is 49.4 Å². The van der Waals surface area contributed by atoms with Crippen LogP contribution in [0.25, 0.3) is 0 Å². The van der Waals surface area contributed by atoms with Gasteiger partial charge in [0.25, 0.3) is 0 Å². The minimum atomic E-state index is -0.0382. The molecule has 0 aromatic rings. The van der Waals surface area contributed by atoms with E-state index in [2.05, 4.69) is 5.32 Å². The number of carbonyl (C=O) groups is 2. The van der Waals surface area contributed by atoms with Gasteiger partial charge in [0.05, 0.1) is 6.54 Å². The van der Waals surface area contributed by atoms with Crippen LogP contribution in [0.5, 0.6) is 0 Å². The molecule has 16 heavy (non-hydrogen) atoms. The fourth-order valence-electron chi connectivity index (χ4n) is 1.50. The average Bonchev–Trinajstić information content (AvgIpc) is 2.26. The van der Waals surface area contributed by atoms with E-state index in [-0.39, 0.29) is 18.4 Å². The van der Waals surface area contributed by atoms with Crippen molar-refractivity contribution in [3.63, 3.8) is 0 Å². The molecule has 0 unspecified atom stereocenters. The fourth-order valence-corrected chi connectivity index (χ4v) is 1.50. The first-order valence-electron chi connectivity index (χ1n) is 6.20. The Morgan fingerprint density at radius 2 is 1.56 bits per heavy atom. The van der Waals surface area contributed by atoms with Crippen molar-refractivity contribution >= 4 is 11.8 Å². The van der Waals surface area contributed by atoms with Gasteiger partial charge in [-0.25, -0.2) is 0 Å². The molecular weight excluding hydrogens is 204 g/mol. The Kier molecular flexibility index (Phi) is 8.58. The lowest BCUT2D eigenvalue weighted by Crippen LogP contribution is -2.40. The molecule has 0 aromatic heterocycles. The van der Waals surface area contributed by atoms with E-state index in [1.165, 1.54) is 0 Å². The predicted octanol–water partition coefficient (Wildman–Crippen LogP) is 1.55. The van der Waals surface area contributed by atoms with Gasteiger partial charge in [0, 0.05) is 19.5 Å². The van der Waals surface area contributed by atoms with Crippen molar-refractivity contribution in [1.82, 2.24) is 10.2 Å². The number of hydrogen-bond donors (Lipinski definition) is 1. The van der Waals surface area contributed by atoms with E-state index in [1.54, 1.807) is 0 Å². The highest BCUT2D eigenvalue weighted by molar-refractivity contribution is 5.84. The van der Waals surface area contributed by atoms with Crippen molar-refractivity contribution in [3.05, 3.63) is 0 Å². The molecule has 1 N–H and O–H groups in total. The summed E-state index contributed by atoms with van der Waals surface area (Å²) >= 11 is 0. The van der Waals surface area contributed by atoms with Crippen LogP contribution in [0.1, 0.15) is 46.5 Å². The molecule has 0 bridgehead atoms. The minimum Gasteiger partial charge on any atom is -0.347 e. The van der Waals surface area contributed by atoms with Crippen molar-refractivity contribution in [2.75, 3.05) is 19.6 Å². The predicted molar refractivity (Wildman–Crippen MR) is 65.1 cm³/mol. The van der Waals surface area contributed by atoms with Gasteiger partial charge in [0.15, 0.2) is 0 Å². The summed E-state index contributed by atoms with van der Waals surface area (Å²) in [5.41, 5.74) is 0. The van der Waals surface area contributed by atoms with Crippen LogP contribution in [0.4, 0.5) is 0 Å². The van der Waals surface area contributed by atoms with E-state index in [0.717, 1.165) is 32.4 Å². The number of hydrogen-bond acceptors (Lipinski definition) is 2. The maximum absolute atomic E-state index is 11.7. The first-order valence-corrected chi connectivity index (χ1v) is 6.20. The smallest absolute Gasteiger partial charge is 0.241 e. The van der Waals surface area contributed by atoms with Crippen LogP contribution in [0, 0.1) is 0 Å². The molecule has 4 nitrogen and oxygen atoms in total. The molecule has 0 radical (unpaired) electrons. The molecule has 0 heterocycles. The lowest BCUT2D eigenvalue weighted by Gasteiger charge is -2.21. The van der Waals surface area contributed by atoms with E-state index < -0.39 is 0 Å². The molecule has 94 valence electrons. The molecule has 0 aliphatic heterocycles. The summed E-state index contributed by atoms with van der Waals surface area (Å²) in [6, 6.07) is 0. The van der Waals surface area contributed by atoms with Gasteiger partial charge < -0.3 is 10.2 Å². The molecule has 0 atom stereocenters. The maximum Gasteiger partial charge on any atom is 0.241 e. The van der Waals surface area contributed by atoms with E-state index in [4.69, 9.17) is 0 Å². The number of amides is 2. The number of nitrogens with zero attached hydrogens (tertiary/aromatic N) is 1. The molecule has 0 saturated heterocycles. The lowest BCUT2D eigenvalue weighted by molar-refractivity contribution is -0.133. The fraction of sp³-hybridized carbons (Fsp3) is 0.833. The summed E-state index contributed by atoms with van der Waals surface area (Å²) < 4.78 is 0. The van der Waals surface area contributed by atoms with Crippen LogP contribution in [0.15, 0.2) is 0 Å². The Labute approximate surface area is 98.4 Å². The first kappa shape index (κ1) is 14.9. The van der Waals surface area contributed by atoms with Gasteiger partial charge >= 0.3 is 0 Å². The second-order valence-electron chi connectivity index (χ2n) is 3.91. The molecule has 0 fully saturated rings. The highest BCUT2D eigenvalue weighted by atomic mass is 16.2. The maximum atomic E-state index is 11.7. The van der Waals surface area contributed by atoms with Crippen LogP contribution >= 0.6 is 0 Å². The highest BCUT2D eigenvalue weighted by Crippen LogP contribution is 1.95. The SMILES string of the molecule is CCCC(=O)NCC(=O)N(CCC)CCC. The van der Waals surface area contributed by atoms with Gasteiger partial charge in [-0.15, -0.1) is 0 Å². The van der Waals surface area contributed by atoms with Crippen LogP contribution in [0.2, 0.25) is 0 Å². The van der Waals surface area contributed by atoms with E-state index in [9.17, 15) is 9.59 Å². The molecule has 0 aliphatic rings. The zero-order chi connectivity index (χ0) is 12.4. The Hall–Kier alpha value is -1.06. The lowest BCUT2D eigenvalue weighted by atomic mass is 10.3. The second kappa shape index (κ2) is 9.19. The standard InChI is InChI=1S/C12H24N2O2/c1-4-7-11(15)13-10-12(16)14(8-5-2)9-6-3/h4-10H2,1-3H3,(H,13,15). The van der Waals surface area contributed by atoms with Gasteiger partial charge in [-0.05, 0) is 19.3 Å². The third kappa shape index (κ3) is 6.43. The number of carbonyl (C=O) groups excluding carboxylic acids is 2. The van der Waals surface area contributed by atoms with Crippen LogP contribution in [-0.4, -0.2) is 36.3 Å². The summed E-state index contributed by atoms with van der Waals surface area (Å²) in [4.78, 5) is 24.8. The molecule has 0 aliphatic carbocycles. The van der Waals surface area contributed by atoms with E-state index >= 15 is 0 Å². The Balaban J connectivity index is 3.94. The minimum absolute atomic E-state index is 0.0214. The van der Waals surface area contributed by atoms with Gasteiger partial charge in [-0.2, -0.15) is 0 Å². The summed E-state index contributed by atoms with van der Waals surface area (Å²) in [5.74, 6) is -0.0167. The van der Waals surface area contributed by atoms with Crippen LogP contribution < -0.4 is 5.32 Å². The average molecular weight is 228 g/mol. The van der Waals surface area contributed by atoms with Gasteiger partial charge in [0.1, 0.15) is 0 Å². The molecule has 2 amide bonds. The summed E-state index contributed by atoms with van der Waals surface area (Å²) in [7, 11) is 0. The van der Waals surface area contributed by atoms with E-state index in [1.807, 2.05) is 25.7 Å². The van der Waals surface area contributed by atoms with Crippen LogP contribution in [0.3, 0.4) is 0 Å². The van der Waals surface area contributed by atoms with Crippen molar-refractivity contribution in [3.8, 4) is 0 Å². The van der Waals surface area contributed by atoms with Gasteiger partial charge in [-0.1, -0.05) is 20.8 Å². The van der Waals surface area contributed by atoms with Gasteiger partial charge in [0.2, 0.25) is 11.8 Å². The Morgan fingerprint density at radius 1 is 1.00 bits per heavy atom. The highest BCUT2D eigenvalue weighted by Gasteiger charge is 2.12. The Bertz CT molecular complexity index is 211. The zero-order valence-electron chi connectivity index (χ0n) is 10.7. The normalized spacial score (nSPS) is 9.94. The largest absolute Gasteiger partial charge is 0.347 e. The molecule has 0 aromatic carbocycles. The molecule has 0 saturated carbocycles. The molecule has 4 heteroatoms. The molecule has 0 rings (SSSR count). The van der Waals surface area contributed by atoms with E-state index in [0.29, 0.717) is 6.42 Å². The summed E-state index contributed by atoms with van der Waals surface area (Å²) in [5, 5.41) is 2.65. The van der Waals surface area contributed by atoms with Crippen molar-refractivity contribution in [1.29, 1.82) is 0 Å². The van der Waals surface area contributed by atoms with Crippen molar-refractivity contribution in [2.45, 2.75) is 46.5 Å². The van der Waals surface area contributed by atoms with Crippen molar-refractivity contribution < 1.29 is 9.59 Å². The number of rotatable bonds is 8. The van der Waals surface area contributed by atoms with Crippen LogP contribution in [-0.2, 0) is 9.59 Å². The summed E-state index contributed by atoms with van der Waals surface area (Å²) in [6.07, 6.45) is 3.21. The Morgan fingerprint density at radius 3 is 2.00 bits per heavy atom. The van der Waals surface area contributed by atoms with Gasteiger partial charge in [-0.3, -0.25) is 9.59 Å². The third-order valence-corrected chi connectivity index (χ3v) is 2.25. The number of nitrogens with one attached hydrogen (secondary N) is 1. The molecule has 0 spiro atoms. The zero-order valence-corrected chi connectivity index (χ0v) is 10.7.